The smallest absolute Gasteiger partial charge is 0.185 e. The lowest BCUT2D eigenvalue weighted by Crippen LogP contribution is -2.03. The number of aryl methyl sites for hydroxylation is 1. The zero-order chi connectivity index (χ0) is 19.6. The molecule has 2 aromatic rings. The van der Waals surface area contributed by atoms with E-state index in [0.29, 0.717) is 18.8 Å². The van der Waals surface area contributed by atoms with Gasteiger partial charge in [-0.15, -0.1) is 0 Å². The van der Waals surface area contributed by atoms with Gasteiger partial charge in [0.2, 0.25) is 0 Å². The molecule has 0 aliphatic rings. The minimum atomic E-state index is -0.0537. The number of carbonyl (C=O) groups is 1. The fourth-order valence-electron chi connectivity index (χ4n) is 2.64. The van der Waals surface area contributed by atoms with E-state index < -0.39 is 0 Å². The second kappa shape index (κ2) is 10.4. The molecule has 0 fully saturated rings. The minimum Gasteiger partial charge on any atom is -0.493 e. The molecule has 144 valence electrons. The summed E-state index contributed by atoms with van der Waals surface area (Å²) in [5.41, 5.74) is 3.46. The SMILES string of the molecule is CCCOc1ccc(C)c(OCCC)c1/C=C/C(=O)c1ccc(NC)cc1. The average molecular weight is 367 g/mol. The summed E-state index contributed by atoms with van der Waals surface area (Å²) in [6, 6.07) is 11.3. The zero-order valence-electron chi connectivity index (χ0n) is 16.7. The fraction of sp³-hybridized carbons (Fsp3) is 0.348. The predicted molar refractivity (Wildman–Crippen MR) is 112 cm³/mol. The van der Waals surface area contributed by atoms with Crippen molar-refractivity contribution < 1.29 is 14.3 Å². The number of rotatable bonds is 10. The van der Waals surface area contributed by atoms with Crippen molar-refractivity contribution in [3.05, 3.63) is 59.2 Å². The maximum Gasteiger partial charge on any atom is 0.185 e. The standard InChI is InChI=1S/C23H29NO3/c1-5-15-26-22-14-7-17(3)23(27-16-6-2)20(22)12-13-21(25)18-8-10-19(24-4)11-9-18/h7-14,24H,5-6,15-16H2,1-4H3/b13-12+. The zero-order valence-corrected chi connectivity index (χ0v) is 16.7. The van der Waals surface area contributed by atoms with Gasteiger partial charge in [0.05, 0.1) is 18.8 Å². The Labute approximate surface area is 162 Å². The van der Waals surface area contributed by atoms with Crippen molar-refractivity contribution in [2.45, 2.75) is 33.6 Å². The highest BCUT2D eigenvalue weighted by Gasteiger charge is 2.13. The Kier molecular flexibility index (Phi) is 7.93. The number of carbonyl (C=O) groups excluding carboxylic acids is 1. The lowest BCUT2D eigenvalue weighted by Gasteiger charge is -2.16. The van der Waals surface area contributed by atoms with E-state index >= 15 is 0 Å². The number of benzene rings is 2. The number of hydrogen-bond acceptors (Lipinski definition) is 4. The minimum absolute atomic E-state index is 0.0537. The third kappa shape index (κ3) is 5.61. The van der Waals surface area contributed by atoms with Crippen molar-refractivity contribution in [3.63, 3.8) is 0 Å². The molecule has 0 spiro atoms. The fourth-order valence-corrected chi connectivity index (χ4v) is 2.64. The van der Waals surface area contributed by atoms with Gasteiger partial charge in [0, 0.05) is 18.3 Å². The summed E-state index contributed by atoms with van der Waals surface area (Å²) in [5.74, 6) is 1.46. The molecule has 1 N–H and O–H groups in total. The van der Waals surface area contributed by atoms with E-state index in [1.54, 1.807) is 12.2 Å². The first-order valence-electron chi connectivity index (χ1n) is 9.50. The second-order valence-corrected chi connectivity index (χ2v) is 6.35. The maximum atomic E-state index is 12.6. The van der Waals surface area contributed by atoms with Crippen LogP contribution in [0.5, 0.6) is 11.5 Å². The number of ketones is 1. The Morgan fingerprint density at radius 2 is 1.67 bits per heavy atom. The molecule has 0 atom stereocenters. The Balaban J connectivity index is 2.33. The molecule has 0 amide bonds. The van der Waals surface area contributed by atoms with Crippen LogP contribution in [0.2, 0.25) is 0 Å². The Hall–Kier alpha value is -2.75. The second-order valence-electron chi connectivity index (χ2n) is 6.35. The van der Waals surface area contributed by atoms with Crippen molar-refractivity contribution in [1.29, 1.82) is 0 Å². The maximum absolute atomic E-state index is 12.6. The predicted octanol–water partition coefficient (Wildman–Crippen LogP) is 5.51. The topological polar surface area (TPSA) is 47.6 Å². The van der Waals surface area contributed by atoms with Crippen LogP contribution < -0.4 is 14.8 Å². The van der Waals surface area contributed by atoms with Crippen molar-refractivity contribution in [1.82, 2.24) is 0 Å². The van der Waals surface area contributed by atoms with Crippen LogP contribution in [0.3, 0.4) is 0 Å². The highest BCUT2D eigenvalue weighted by atomic mass is 16.5. The monoisotopic (exact) mass is 367 g/mol. The summed E-state index contributed by atoms with van der Waals surface area (Å²) >= 11 is 0. The Bertz CT molecular complexity index is 779. The molecule has 4 nitrogen and oxygen atoms in total. The van der Waals surface area contributed by atoms with Crippen LogP contribution in [0.1, 0.15) is 48.2 Å². The molecule has 0 aliphatic carbocycles. The number of allylic oxidation sites excluding steroid dienone is 1. The van der Waals surface area contributed by atoms with E-state index in [-0.39, 0.29) is 5.78 Å². The van der Waals surface area contributed by atoms with Crippen molar-refractivity contribution >= 4 is 17.5 Å². The van der Waals surface area contributed by atoms with Gasteiger partial charge in [-0.2, -0.15) is 0 Å². The highest BCUT2D eigenvalue weighted by Crippen LogP contribution is 2.34. The third-order valence-corrected chi connectivity index (χ3v) is 4.12. The largest absolute Gasteiger partial charge is 0.493 e. The molecular formula is C23H29NO3. The van der Waals surface area contributed by atoms with Crippen molar-refractivity contribution in [2.24, 2.45) is 0 Å². The molecule has 0 aromatic heterocycles. The Morgan fingerprint density at radius 1 is 1.00 bits per heavy atom. The van der Waals surface area contributed by atoms with Crippen LogP contribution in [-0.2, 0) is 0 Å². The van der Waals surface area contributed by atoms with E-state index in [0.717, 1.165) is 41.2 Å². The van der Waals surface area contributed by atoms with E-state index in [9.17, 15) is 4.79 Å². The molecule has 0 heterocycles. The van der Waals surface area contributed by atoms with Crippen LogP contribution in [0.15, 0.2) is 42.5 Å². The average Bonchev–Trinajstić information content (AvgIpc) is 2.70. The van der Waals surface area contributed by atoms with E-state index in [2.05, 4.69) is 19.2 Å². The van der Waals surface area contributed by atoms with Gasteiger partial charge in [-0.25, -0.2) is 0 Å². The van der Waals surface area contributed by atoms with E-state index in [1.807, 2.05) is 50.4 Å². The summed E-state index contributed by atoms with van der Waals surface area (Å²) in [6.07, 6.45) is 5.22. The molecule has 0 bridgehead atoms. The molecule has 0 unspecified atom stereocenters. The van der Waals surface area contributed by atoms with Crippen LogP contribution in [0.4, 0.5) is 5.69 Å². The molecule has 0 saturated heterocycles. The van der Waals surface area contributed by atoms with Gasteiger partial charge in [-0.3, -0.25) is 4.79 Å². The summed E-state index contributed by atoms with van der Waals surface area (Å²) < 4.78 is 11.8. The van der Waals surface area contributed by atoms with Gasteiger partial charge < -0.3 is 14.8 Å². The van der Waals surface area contributed by atoms with Gasteiger partial charge in [0.1, 0.15) is 11.5 Å². The molecule has 4 heteroatoms. The van der Waals surface area contributed by atoms with Crippen molar-refractivity contribution in [3.8, 4) is 11.5 Å². The van der Waals surface area contributed by atoms with E-state index in [4.69, 9.17) is 9.47 Å². The van der Waals surface area contributed by atoms with E-state index in [1.165, 1.54) is 0 Å². The van der Waals surface area contributed by atoms with Crippen LogP contribution in [-0.4, -0.2) is 26.0 Å². The van der Waals surface area contributed by atoms with Gasteiger partial charge in [0.25, 0.3) is 0 Å². The number of ether oxygens (including phenoxy) is 2. The molecule has 0 aliphatic heterocycles. The number of anilines is 1. The number of hydrogen-bond donors (Lipinski definition) is 1. The molecular weight excluding hydrogens is 338 g/mol. The van der Waals surface area contributed by atoms with Gasteiger partial charge in [-0.1, -0.05) is 19.9 Å². The first-order chi connectivity index (χ1) is 13.1. The molecule has 2 aromatic carbocycles. The Morgan fingerprint density at radius 3 is 2.30 bits per heavy atom. The number of nitrogens with one attached hydrogen (secondary N) is 1. The first kappa shape index (κ1) is 20.6. The van der Waals surface area contributed by atoms with Crippen LogP contribution >= 0.6 is 0 Å². The highest BCUT2D eigenvalue weighted by molar-refractivity contribution is 6.07. The normalized spacial score (nSPS) is 10.8. The lowest BCUT2D eigenvalue weighted by molar-refractivity contribution is 0.104. The lowest BCUT2D eigenvalue weighted by atomic mass is 10.1. The third-order valence-electron chi connectivity index (χ3n) is 4.12. The quantitative estimate of drug-likeness (QED) is 0.444. The van der Waals surface area contributed by atoms with Gasteiger partial charge in [0.15, 0.2) is 5.78 Å². The molecule has 27 heavy (non-hydrogen) atoms. The summed E-state index contributed by atoms with van der Waals surface area (Å²) in [4.78, 5) is 12.6. The molecule has 0 saturated carbocycles. The van der Waals surface area contributed by atoms with Crippen LogP contribution in [0, 0.1) is 6.92 Å². The van der Waals surface area contributed by atoms with Gasteiger partial charge >= 0.3 is 0 Å². The first-order valence-corrected chi connectivity index (χ1v) is 9.50. The van der Waals surface area contributed by atoms with Crippen LogP contribution in [0.25, 0.3) is 6.08 Å². The summed E-state index contributed by atoms with van der Waals surface area (Å²) in [5, 5.41) is 3.05. The summed E-state index contributed by atoms with van der Waals surface area (Å²) in [6.45, 7) is 7.39. The van der Waals surface area contributed by atoms with Crippen molar-refractivity contribution in [2.75, 3.05) is 25.6 Å². The van der Waals surface area contributed by atoms with Gasteiger partial charge in [-0.05, 0) is 67.8 Å². The molecule has 0 radical (unpaired) electrons. The summed E-state index contributed by atoms with van der Waals surface area (Å²) in [7, 11) is 1.85. The molecule has 2 rings (SSSR count).